The summed E-state index contributed by atoms with van der Waals surface area (Å²) in [6.45, 7) is 4.11. The van der Waals surface area contributed by atoms with Crippen molar-refractivity contribution in [1.29, 1.82) is 0 Å². The summed E-state index contributed by atoms with van der Waals surface area (Å²) in [5.41, 5.74) is 4.46. The Morgan fingerprint density at radius 1 is 1.10 bits per heavy atom. The van der Waals surface area contributed by atoms with Crippen molar-refractivity contribution in [2.75, 3.05) is 0 Å². The number of aromatic nitrogens is 1. The SMILES string of the molecule is CCc1ccc2[nH]c(O)c(N=Nc3cccc(C)c3)c2c1. The van der Waals surface area contributed by atoms with Gasteiger partial charge in [-0.1, -0.05) is 25.1 Å². The molecule has 0 spiro atoms. The molecule has 1 aromatic heterocycles. The molecule has 4 heteroatoms. The Bertz CT molecular complexity index is 818. The van der Waals surface area contributed by atoms with Crippen LogP contribution in [0.3, 0.4) is 0 Å². The number of fused-ring (bicyclic) bond motifs is 1. The number of benzene rings is 2. The van der Waals surface area contributed by atoms with Gasteiger partial charge < -0.3 is 10.1 Å². The first-order valence-corrected chi connectivity index (χ1v) is 6.99. The number of hydrogen-bond donors (Lipinski definition) is 2. The third-order valence-electron chi connectivity index (χ3n) is 3.49. The van der Waals surface area contributed by atoms with Gasteiger partial charge in [-0.3, -0.25) is 0 Å². The molecule has 4 nitrogen and oxygen atoms in total. The molecule has 21 heavy (non-hydrogen) atoms. The number of azo groups is 1. The van der Waals surface area contributed by atoms with Crippen LogP contribution in [0.25, 0.3) is 10.9 Å². The van der Waals surface area contributed by atoms with Gasteiger partial charge in [0.25, 0.3) is 0 Å². The zero-order valence-electron chi connectivity index (χ0n) is 12.1. The van der Waals surface area contributed by atoms with Gasteiger partial charge in [-0.15, -0.1) is 5.11 Å². The molecule has 0 aliphatic rings. The number of nitrogens with zero attached hydrogens (tertiary/aromatic N) is 2. The minimum absolute atomic E-state index is 0.0506. The van der Waals surface area contributed by atoms with Crippen LogP contribution in [0.1, 0.15) is 18.1 Å². The number of H-pyrrole nitrogens is 1. The lowest BCUT2D eigenvalue weighted by atomic mass is 10.1. The zero-order valence-corrected chi connectivity index (χ0v) is 12.1. The summed E-state index contributed by atoms with van der Waals surface area (Å²) in [4.78, 5) is 2.93. The third-order valence-corrected chi connectivity index (χ3v) is 3.49. The zero-order chi connectivity index (χ0) is 14.8. The van der Waals surface area contributed by atoms with Crippen molar-refractivity contribution in [2.45, 2.75) is 20.3 Å². The lowest BCUT2D eigenvalue weighted by Gasteiger charge is -1.97. The predicted molar refractivity (Wildman–Crippen MR) is 84.7 cm³/mol. The summed E-state index contributed by atoms with van der Waals surface area (Å²) in [6.07, 6.45) is 0.941. The van der Waals surface area contributed by atoms with Crippen molar-refractivity contribution in [3.8, 4) is 5.88 Å². The minimum atomic E-state index is 0.0506. The van der Waals surface area contributed by atoms with Gasteiger partial charge in [0, 0.05) is 5.39 Å². The second-order valence-corrected chi connectivity index (χ2v) is 5.09. The molecule has 0 amide bonds. The summed E-state index contributed by atoms with van der Waals surface area (Å²) < 4.78 is 0. The number of rotatable bonds is 3. The Balaban J connectivity index is 2.05. The monoisotopic (exact) mass is 279 g/mol. The van der Waals surface area contributed by atoms with Crippen molar-refractivity contribution in [1.82, 2.24) is 4.98 Å². The van der Waals surface area contributed by atoms with Crippen LogP contribution in [-0.2, 0) is 6.42 Å². The maximum atomic E-state index is 10.0. The van der Waals surface area contributed by atoms with E-state index < -0.39 is 0 Å². The maximum absolute atomic E-state index is 10.0. The maximum Gasteiger partial charge on any atom is 0.218 e. The number of aromatic amines is 1. The lowest BCUT2D eigenvalue weighted by molar-refractivity contribution is 0.459. The van der Waals surface area contributed by atoms with E-state index in [4.69, 9.17) is 0 Å². The summed E-state index contributed by atoms with van der Waals surface area (Å²) in [5, 5.41) is 19.4. The number of aromatic hydroxyl groups is 1. The van der Waals surface area contributed by atoms with Gasteiger partial charge in [-0.05, 0) is 48.7 Å². The van der Waals surface area contributed by atoms with E-state index in [-0.39, 0.29) is 5.88 Å². The molecule has 0 bridgehead atoms. The molecule has 0 radical (unpaired) electrons. The minimum Gasteiger partial charge on any atom is -0.493 e. The first-order chi connectivity index (χ1) is 10.2. The molecular formula is C17H17N3O. The van der Waals surface area contributed by atoms with E-state index in [1.165, 1.54) is 5.56 Å². The number of hydrogen-bond acceptors (Lipinski definition) is 3. The van der Waals surface area contributed by atoms with Crippen LogP contribution in [-0.4, -0.2) is 10.1 Å². The summed E-state index contributed by atoms with van der Waals surface area (Å²) in [7, 11) is 0. The Kier molecular flexibility index (Phi) is 3.44. The normalized spacial score (nSPS) is 11.5. The van der Waals surface area contributed by atoms with Crippen molar-refractivity contribution < 1.29 is 5.11 Å². The molecule has 0 aliphatic carbocycles. The van der Waals surface area contributed by atoms with Crippen LogP contribution in [0, 0.1) is 6.92 Å². The van der Waals surface area contributed by atoms with Crippen molar-refractivity contribution in [2.24, 2.45) is 10.2 Å². The first-order valence-electron chi connectivity index (χ1n) is 6.99. The molecule has 0 aliphatic heterocycles. The molecule has 3 rings (SSSR count). The molecule has 106 valence electrons. The highest BCUT2D eigenvalue weighted by atomic mass is 16.3. The molecule has 2 aromatic carbocycles. The average molecular weight is 279 g/mol. The van der Waals surface area contributed by atoms with Gasteiger partial charge >= 0.3 is 0 Å². The van der Waals surface area contributed by atoms with Gasteiger partial charge in [0.15, 0.2) is 5.69 Å². The standard InChI is InChI=1S/C17H17N3O/c1-3-12-7-8-15-14(10-12)16(17(21)18-15)20-19-13-6-4-5-11(2)9-13/h4-10,18,21H,3H2,1-2H3. The summed E-state index contributed by atoms with van der Waals surface area (Å²) in [5.74, 6) is 0.0506. The molecule has 0 unspecified atom stereocenters. The lowest BCUT2D eigenvalue weighted by Crippen LogP contribution is -1.78. The molecular weight excluding hydrogens is 262 g/mol. The number of aryl methyl sites for hydroxylation is 2. The van der Waals surface area contributed by atoms with E-state index in [9.17, 15) is 5.11 Å². The van der Waals surface area contributed by atoms with Crippen LogP contribution >= 0.6 is 0 Å². The Labute approximate surface area is 123 Å². The smallest absolute Gasteiger partial charge is 0.218 e. The van der Waals surface area contributed by atoms with E-state index >= 15 is 0 Å². The molecule has 1 heterocycles. The molecule has 0 saturated heterocycles. The highest BCUT2D eigenvalue weighted by Crippen LogP contribution is 2.36. The fourth-order valence-electron chi connectivity index (χ4n) is 2.33. The molecule has 2 N–H and O–H groups in total. The second-order valence-electron chi connectivity index (χ2n) is 5.09. The van der Waals surface area contributed by atoms with E-state index in [2.05, 4.69) is 22.1 Å². The number of nitrogens with one attached hydrogen (secondary N) is 1. The quantitative estimate of drug-likeness (QED) is 0.639. The largest absolute Gasteiger partial charge is 0.493 e. The second kappa shape index (κ2) is 5.40. The topological polar surface area (TPSA) is 60.7 Å². The van der Waals surface area contributed by atoms with Crippen LogP contribution in [0.4, 0.5) is 11.4 Å². The van der Waals surface area contributed by atoms with Gasteiger partial charge in [-0.25, -0.2) is 0 Å². The van der Waals surface area contributed by atoms with Crippen molar-refractivity contribution in [3.05, 3.63) is 53.6 Å². The summed E-state index contributed by atoms with van der Waals surface area (Å²) in [6, 6.07) is 13.8. The van der Waals surface area contributed by atoms with E-state index in [1.54, 1.807) is 0 Å². The van der Waals surface area contributed by atoms with E-state index in [0.717, 1.165) is 28.6 Å². The van der Waals surface area contributed by atoms with Gasteiger partial charge in [0.2, 0.25) is 5.88 Å². The van der Waals surface area contributed by atoms with Gasteiger partial charge in [0.05, 0.1) is 11.2 Å². The Morgan fingerprint density at radius 3 is 2.71 bits per heavy atom. The molecule has 3 aromatic rings. The van der Waals surface area contributed by atoms with Gasteiger partial charge in [-0.2, -0.15) is 5.11 Å². The fourth-order valence-corrected chi connectivity index (χ4v) is 2.33. The molecule has 0 fully saturated rings. The van der Waals surface area contributed by atoms with E-state index in [0.29, 0.717) is 5.69 Å². The van der Waals surface area contributed by atoms with Crippen LogP contribution in [0.5, 0.6) is 5.88 Å². The Morgan fingerprint density at radius 2 is 1.95 bits per heavy atom. The van der Waals surface area contributed by atoms with Crippen molar-refractivity contribution in [3.63, 3.8) is 0 Å². The average Bonchev–Trinajstić information content (AvgIpc) is 2.79. The Hall–Kier alpha value is -2.62. The fraction of sp³-hybridized carbons (Fsp3) is 0.176. The van der Waals surface area contributed by atoms with Crippen LogP contribution in [0.15, 0.2) is 52.7 Å². The highest BCUT2D eigenvalue weighted by molar-refractivity contribution is 5.94. The van der Waals surface area contributed by atoms with Gasteiger partial charge in [0.1, 0.15) is 0 Å². The molecule has 0 atom stereocenters. The van der Waals surface area contributed by atoms with Crippen LogP contribution < -0.4 is 0 Å². The predicted octanol–water partition coefficient (Wildman–Crippen LogP) is 5.16. The first kappa shape index (κ1) is 13.4. The van der Waals surface area contributed by atoms with Crippen LogP contribution in [0.2, 0.25) is 0 Å². The summed E-state index contributed by atoms with van der Waals surface area (Å²) >= 11 is 0. The van der Waals surface area contributed by atoms with E-state index in [1.807, 2.05) is 49.4 Å². The molecule has 0 saturated carbocycles. The van der Waals surface area contributed by atoms with Crippen molar-refractivity contribution >= 4 is 22.3 Å². The highest BCUT2D eigenvalue weighted by Gasteiger charge is 2.10. The third kappa shape index (κ3) is 2.65.